The van der Waals surface area contributed by atoms with E-state index in [9.17, 15) is 9.59 Å². The zero-order valence-electron chi connectivity index (χ0n) is 13.6. The predicted octanol–water partition coefficient (Wildman–Crippen LogP) is 1.87. The van der Waals surface area contributed by atoms with Gasteiger partial charge in [0.15, 0.2) is 0 Å². The first-order valence-corrected chi connectivity index (χ1v) is 6.83. The minimum Gasteiger partial charge on any atom is -0.478 e. The summed E-state index contributed by atoms with van der Waals surface area (Å²) in [7, 11) is 1.67. The lowest BCUT2D eigenvalue weighted by molar-refractivity contribution is -0.136. The van der Waals surface area contributed by atoms with Crippen LogP contribution < -0.4 is 5.73 Å². The molecule has 0 aliphatic carbocycles. The molecular weight excluding hydrogens is 256 g/mol. The zero-order chi connectivity index (χ0) is 16.2. The van der Waals surface area contributed by atoms with Gasteiger partial charge in [0, 0.05) is 12.6 Å². The Bertz CT molecular complexity index is 394. The second-order valence-corrected chi connectivity index (χ2v) is 6.68. The molecule has 20 heavy (non-hydrogen) atoms. The lowest BCUT2D eigenvalue weighted by atomic mass is 9.86. The van der Waals surface area contributed by atoms with E-state index in [2.05, 4.69) is 0 Å². The average molecular weight is 284 g/mol. The van der Waals surface area contributed by atoms with E-state index in [1.54, 1.807) is 18.0 Å². The lowest BCUT2D eigenvalue weighted by Crippen LogP contribution is -2.52. The molecule has 116 valence electrons. The minimum absolute atomic E-state index is 0.102. The number of nitrogens with two attached hydrogens (primary N) is 1. The van der Waals surface area contributed by atoms with Crippen molar-refractivity contribution in [3.05, 3.63) is 11.6 Å². The van der Waals surface area contributed by atoms with Gasteiger partial charge in [0.2, 0.25) is 5.91 Å². The van der Waals surface area contributed by atoms with Crippen LogP contribution in [-0.2, 0) is 9.59 Å². The summed E-state index contributed by atoms with van der Waals surface area (Å²) in [5, 5.41) is 8.98. The molecule has 3 N–H and O–H groups in total. The fourth-order valence-corrected chi connectivity index (χ4v) is 1.82. The number of hydrogen-bond acceptors (Lipinski definition) is 3. The summed E-state index contributed by atoms with van der Waals surface area (Å²) in [5.41, 5.74) is 5.89. The highest BCUT2D eigenvalue weighted by molar-refractivity contribution is 5.86. The molecule has 0 aliphatic heterocycles. The van der Waals surface area contributed by atoms with Gasteiger partial charge in [0.05, 0.1) is 12.1 Å². The van der Waals surface area contributed by atoms with E-state index in [0.717, 1.165) is 0 Å². The summed E-state index contributed by atoms with van der Waals surface area (Å²) in [5.74, 6) is -1.05. The number of hydrogen-bond donors (Lipinski definition) is 2. The molecule has 0 aromatic rings. The van der Waals surface area contributed by atoms with Crippen LogP contribution >= 0.6 is 0 Å². The molecule has 1 unspecified atom stereocenters. The summed E-state index contributed by atoms with van der Waals surface area (Å²) in [6, 6.07) is -0.903. The standard InChI is InChI=1S/C15H28N2O3/c1-9(2)11(8-10(3)14(19)20)17(7)13(18)12(16)15(4,5)6/h8-9,11-12H,16H2,1-7H3,(H,19,20)/t11?,12-/m1/s1. The van der Waals surface area contributed by atoms with Crippen LogP contribution in [0.1, 0.15) is 41.5 Å². The normalized spacial score (nSPS) is 15.9. The van der Waals surface area contributed by atoms with Crippen molar-refractivity contribution in [1.82, 2.24) is 4.90 Å². The van der Waals surface area contributed by atoms with E-state index >= 15 is 0 Å². The van der Waals surface area contributed by atoms with Crippen LogP contribution in [0.4, 0.5) is 0 Å². The van der Waals surface area contributed by atoms with Crippen LogP contribution in [0.2, 0.25) is 0 Å². The second kappa shape index (κ2) is 6.88. The van der Waals surface area contributed by atoms with Gasteiger partial charge in [-0.3, -0.25) is 4.79 Å². The topological polar surface area (TPSA) is 83.6 Å². The van der Waals surface area contributed by atoms with Gasteiger partial charge in [-0.05, 0) is 18.3 Å². The monoisotopic (exact) mass is 284 g/mol. The SMILES string of the molecule is CC(=CC(C(C)C)N(C)C(=O)[C@@H](N)C(C)(C)C)C(=O)O. The van der Waals surface area contributed by atoms with Gasteiger partial charge < -0.3 is 15.7 Å². The van der Waals surface area contributed by atoms with E-state index < -0.39 is 12.0 Å². The molecule has 0 saturated heterocycles. The molecule has 0 spiro atoms. The molecule has 1 amide bonds. The van der Waals surface area contributed by atoms with Crippen molar-refractivity contribution < 1.29 is 14.7 Å². The lowest BCUT2D eigenvalue weighted by Gasteiger charge is -2.35. The molecule has 2 atom stereocenters. The number of aliphatic carboxylic acids is 1. The highest BCUT2D eigenvalue weighted by Crippen LogP contribution is 2.21. The van der Waals surface area contributed by atoms with Crippen molar-refractivity contribution >= 4 is 11.9 Å². The number of nitrogens with zero attached hydrogens (tertiary/aromatic N) is 1. The molecule has 0 aliphatic rings. The fourth-order valence-electron chi connectivity index (χ4n) is 1.82. The van der Waals surface area contributed by atoms with Gasteiger partial charge in [-0.1, -0.05) is 40.7 Å². The molecule has 0 heterocycles. The van der Waals surface area contributed by atoms with E-state index in [0.29, 0.717) is 0 Å². The maximum atomic E-state index is 12.4. The Morgan fingerprint density at radius 2 is 1.70 bits per heavy atom. The molecule has 0 aromatic carbocycles. The Kier molecular flexibility index (Phi) is 6.41. The number of likely N-dealkylation sites (N-methyl/N-ethyl adjacent to an activating group) is 1. The molecule has 0 aromatic heterocycles. The van der Waals surface area contributed by atoms with Crippen molar-refractivity contribution in [1.29, 1.82) is 0 Å². The van der Waals surface area contributed by atoms with Gasteiger partial charge in [-0.2, -0.15) is 0 Å². The van der Waals surface area contributed by atoms with Gasteiger partial charge in [0.1, 0.15) is 0 Å². The van der Waals surface area contributed by atoms with Gasteiger partial charge in [-0.25, -0.2) is 4.79 Å². The molecule has 0 saturated carbocycles. The van der Waals surface area contributed by atoms with Gasteiger partial charge >= 0.3 is 5.97 Å². The van der Waals surface area contributed by atoms with Crippen LogP contribution in [0.15, 0.2) is 11.6 Å². The van der Waals surface area contributed by atoms with Crippen LogP contribution in [0.5, 0.6) is 0 Å². The molecular formula is C15H28N2O3. The molecule has 0 rings (SSSR count). The van der Waals surface area contributed by atoms with Crippen LogP contribution in [0.3, 0.4) is 0 Å². The van der Waals surface area contributed by atoms with Crippen molar-refractivity contribution in [2.24, 2.45) is 17.1 Å². The third-order valence-electron chi connectivity index (χ3n) is 3.44. The number of carbonyl (C=O) groups excluding carboxylic acids is 1. The Balaban J connectivity index is 5.28. The van der Waals surface area contributed by atoms with Crippen LogP contribution in [0, 0.1) is 11.3 Å². The van der Waals surface area contributed by atoms with E-state index in [-0.39, 0.29) is 28.9 Å². The first-order chi connectivity index (χ1) is 8.89. The van der Waals surface area contributed by atoms with Crippen LogP contribution in [-0.4, -0.2) is 41.0 Å². The zero-order valence-corrected chi connectivity index (χ0v) is 13.6. The average Bonchev–Trinajstić information content (AvgIpc) is 2.31. The molecule has 5 nitrogen and oxygen atoms in total. The molecule has 0 bridgehead atoms. The maximum absolute atomic E-state index is 12.4. The maximum Gasteiger partial charge on any atom is 0.331 e. The minimum atomic E-state index is -0.975. The smallest absolute Gasteiger partial charge is 0.331 e. The summed E-state index contributed by atoms with van der Waals surface area (Å²) in [6.45, 7) is 11.1. The number of carboxylic acid groups (broad SMARTS) is 1. The molecule has 5 heteroatoms. The highest BCUT2D eigenvalue weighted by Gasteiger charge is 2.32. The number of amides is 1. The van der Waals surface area contributed by atoms with E-state index in [1.165, 1.54) is 6.92 Å². The first-order valence-electron chi connectivity index (χ1n) is 6.83. The van der Waals surface area contributed by atoms with E-state index in [1.807, 2.05) is 34.6 Å². The van der Waals surface area contributed by atoms with Crippen molar-refractivity contribution in [3.8, 4) is 0 Å². The van der Waals surface area contributed by atoms with E-state index in [4.69, 9.17) is 10.8 Å². The second-order valence-electron chi connectivity index (χ2n) is 6.68. The number of carbonyl (C=O) groups is 2. The summed E-state index contributed by atoms with van der Waals surface area (Å²) < 4.78 is 0. The summed E-state index contributed by atoms with van der Waals surface area (Å²) in [4.78, 5) is 24.9. The Morgan fingerprint density at radius 3 is 2.00 bits per heavy atom. The predicted molar refractivity (Wildman–Crippen MR) is 80.2 cm³/mol. The first kappa shape index (κ1) is 18.6. The van der Waals surface area contributed by atoms with Gasteiger partial charge in [0.25, 0.3) is 0 Å². The molecule has 0 radical (unpaired) electrons. The Morgan fingerprint density at radius 1 is 1.25 bits per heavy atom. The largest absolute Gasteiger partial charge is 0.478 e. The van der Waals surface area contributed by atoms with Crippen molar-refractivity contribution in [2.45, 2.75) is 53.6 Å². The Hall–Kier alpha value is -1.36. The highest BCUT2D eigenvalue weighted by atomic mass is 16.4. The summed E-state index contributed by atoms with van der Waals surface area (Å²) >= 11 is 0. The van der Waals surface area contributed by atoms with Gasteiger partial charge in [-0.15, -0.1) is 0 Å². The summed E-state index contributed by atoms with van der Waals surface area (Å²) in [6.07, 6.45) is 1.61. The van der Waals surface area contributed by atoms with Crippen LogP contribution in [0.25, 0.3) is 0 Å². The third-order valence-corrected chi connectivity index (χ3v) is 3.44. The van der Waals surface area contributed by atoms with Crippen molar-refractivity contribution in [3.63, 3.8) is 0 Å². The van der Waals surface area contributed by atoms with Crippen molar-refractivity contribution in [2.75, 3.05) is 7.05 Å². The number of carboxylic acids is 1. The quantitative estimate of drug-likeness (QED) is 0.755. The Labute approximate surface area is 121 Å². The molecule has 0 fully saturated rings. The third kappa shape index (κ3) is 4.96. The fraction of sp³-hybridized carbons (Fsp3) is 0.733. The number of rotatable bonds is 5.